The molecule has 0 aromatic rings. The second kappa shape index (κ2) is 1.50. The molecule has 2 nitrogen and oxygen atoms in total. The zero-order valence-corrected chi connectivity index (χ0v) is 5.76. The Morgan fingerprint density at radius 2 is 2.33 bits per heavy atom. The van der Waals surface area contributed by atoms with Crippen molar-refractivity contribution in [2.24, 2.45) is 11.7 Å². The number of hydrogen-bond donors (Lipinski definition) is 1. The van der Waals surface area contributed by atoms with Gasteiger partial charge in [0.2, 0.25) is 0 Å². The van der Waals surface area contributed by atoms with Gasteiger partial charge in [-0.05, 0) is 25.7 Å². The van der Waals surface area contributed by atoms with Crippen LogP contribution >= 0.6 is 0 Å². The van der Waals surface area contributed by atoms with Gasteiger partial charge in [-0.1, -0.05) is 0 Å². The lowest BCUT2D eigenvalue weighted by atomic mass is 9.73. The highest BCUT2D eigenvalue weighted by molar-refractivity contribution is 5.05. The van der Waals surface area contributed by atoms with Gasteiger partial charge in [0.15, 0.2) is 0 Å². The van der Waals surface area contributed by atoms with Crippen LogP contribution in [0, 0.1) is 5.92 Å². The highest BCUT2D eigenvalue weighted by atomic mass is 16.5. The van der Waals surface area contributed by atoms with Crippen molar-refractivity contribution in [2.45, 2.75) is 31.5 Å². The van der Waals surface area contributed by atoms with Crippen LogP contribution in [0.3, 0.4) is 0 Å². The molecule has 0 aromatic carbocycles. The Bertz CT molecular complexity index is 129. The molecular weight excluding hydrogens is 114 g/mol. The zero-order valence-electron chi connectivity index (χ0n) is 5.76. The monoisotopic (exact) mass is 127 g/mol. The lowest BCUT2D eigenvalue weighted by molar-refractivity contribution is -0.0108. The quantitative estimate of drug-likeness (QED) is 0.557. The molecule has 1 aliphatic carbocycles. The number of hydrogen-bond acceptors (Lipinski definition) is 2. The summed E-state index contributed by atoms with van der Waals surface area (Å²) in [5, 5.41) is 0. The van der Waals surface area contributed by atoms with E-state index in [9.17, 15) is 0 Å². The van der Waals surface area contributed by atoms with Crippen molar-refractivity contribution >= 4 is 0 Å². The summed E-state index contributed by atoms with van der Waals surface area (Å²) >= 11 is 0. The maximum Gasteiger partial charge on any atom is 0.0815 e. The van der Waals surface area contributed by atoms with Crippen LogP contribution in [0.15, 0.2) is 0 Å². The molecule has 2 heterocycles. The molecule has 1 unspecified atom stereocenters. The molecule has 0 radical (unpaired) electrons. The van der Waals surface area contributed by atoms with Gasteiger partial charge in [-0.3, -0.25) is 0 Å². The molecule has 0 amide bonds. The van der Waals surface area contributed by atoms with E-state index in [1.165, 1.54) is 12.8 Å². The van der Waals surface area contributed by atoms with Gasteiger partial charge in [-0.2, -0.15) is 0 Å². The zero-order chi connectivity index (χ0) is 6.48. The maximum atomic E-state index is 5.65. The second-order valence-corrected chi connectivity index (χ2v) is 3.38. The van der Waals surface area contributed by atoms with Crippen molar-refractivity contribution < 1.29 is 4.74 Å². The summed E-state index contributed by atoms with van der Waals surface area (Å²) in [6.45, 7) is 2.86. The fourth-order valence-corrected chi connectivity index (χ4v) is 2.03. The van der Waals surface area contributed by atoms with E-state index in [0.29, 0.717) is 12.6 Å². The van der Waals surface area contributed by atoms with E-state index in [1.807, 2.05) is 0 Å². The van der Waals surface area contributed by atoms with E-state index in [-0.39, 0.29) is 5.60 Å². The summed E-state index contributed by atoms with van der Waals surface area (Å²) in [5.41, 5.74) is 5.67. The Hall–Kier alpha value is -0.0800. The van der Waals surface area contributed by atoms with Gasteiger partial charge in [-0.15, -0.1) is 0 Å². The number of ether oxygens (including phenoxy) is 1. The molecule has 1 atom stereocenters. The van der Waals surface area contributed by atoms with Gasteiger partial charge in [0, 0.05) is 6.54 Å². The van der Waals surface area contributed by atoms with Gasteiger partial charge in [0.1, 0.15) is 0 Å². The highest BCUT2D eigenvalue weighted by Gasteiger charge is 2.54. The van der Waals surface area contributed by atoms with Crippen molar-refractivity contribution in [1.82, 2.24) is 0 Å². The SMILES string of the molecule is CC1OC2(CN)CC1C2. The van der Waals surface area contributed by atoms with Crippen LogP contribution in [0.5, 0.6) is 0 Å². The van der Waals surface area contributed by atoms with Gasteiger partial charge in [0.05, 0.1) is 11.7 Å². The number of nitrogens with two attached hydrogens (primary N) is 1. The van der Waals surface area contributed by atoms with E-state index in [0.717, 1.165) is 5.92 Å². The van der Waals surface area contributed by atoms with Crippen molar-refractivity contribution in [3.8, 4) is 0 Å². The third kappa shape index (κ3) is 0.578. The Balaban J connectivity index is 2.09. The summed E-state index contributed by atoms with van der Waals surface area (Å²) in [7, 11) is 0. The van der Waals surface area contributed by atoms with Gasteiger partial charge in [-0.25, -0.2) is 0 Å². The van der Waals surface area contributed by atoms with Crippen LogP contribution in [0.2, 0.25) is 0 Å². The second-order valence-electron chi connectivity index (χ2n) is 3.38. The molecule has 52 valence electrons. The van der Waals surface area contributed by atoms with Crippen LogP contribution in [-0.2, 0) is 4.74 Å². The minimum absolute atomic E-state index is 0.129. The van der Waals surface area contributed by atoms with E-state index >= 15 is 0 Å². The van der Waals surface area contributed by atoms with Gasteiger partial charge < -0.3 is 10.5 Å². The number of rotatable bonds is 1. The topological polar surface area (TPSA) is 35.2 Å². The first-order valence-electron chi connectivity index (χ1n) is 3.64. The first-order chi connectivity index (χ1) is 4.26. The average molecular weight is 127 g/mol. The van der Waals surface area contributed by atoms with Crippen LogP contribution in [0.25, 0.3) is 0 Å². The molecule has 3 aliphatic rings. The molecule has 2 bridgehead atoms. The fourth-order valence-electron chi connectivity index (χ4n) is 2.03. The lowest BCUT2D eigenvalue weighted by Crippen LogP contribution is -2.43. The van der Waals surface area contributed by atoms with Crippen molar-refractivity contribution in [3.63, 3.8) is 0 Å². The van der Waals surface area contributed by atoms with E-state index in [2.05, 4.69) is 6.92 Å². The van der Waals surface area contributed by atoms with E-state index < -0.39 is 0 Å². The molecule has 0 aromatic heterocycles. The predicted molar refractivity (Wildman–Crippen MR) is 35.1 cm³/mol. The summed E-state index contributed by atoms with van der Waals surface area (Å²) < 4.78 is 5.65. The van der Waals surface area contributed by atoms with Gasteiger partial charge in [0.25, 0.3) is 0 Å². The first kappa shape index (κ1) is 5.69. The first-order valence-corrected chi connectivity index (χ1v) is 3.64. The molecule has 9 heavy (non-hydrogen) atoms. The largest absolute Gasteiger partial charge is 0.370 e. The normalized spacial score (nSPS) is 55.3. The summed E-state index contributed by atoms with van der Waals surface area (Å²) in [6.07, 6.45) is 2.91. The lowest BCUT2D eigenvalue weighted by Gasteiger charge is -2.34. The smallest absolute Gasteiger partial charge is 0.0815 e. The van der Waals surface area contributed by atoms with Crippen LogP contribution in [-0.4, -0.2) is 18.2 Å². The van der Waals surface area contributed by atoms with Crippen LogP contribution in [0.1, 0.15) is 19.8 Å². The molecule has 0 spiro atoms. The fraction of sp³-hybridized carbons (Fsp3) is 1.00. The molecular formula is C7H13NO. The molecule has 2 N–H and O–H groups in total. The molecule has 2 heteroatoms. The Morgan fingerprint density at radius 1 is 1.67 bits per heavy atom. The van der Waals surface area contributed by atoms with Crippen LogP contribution in [0.4, 0.5) is 0 Å². The third-order valence-corrected chi connectivity index (χ3v) is 2.74. The van der Waals surface area contributed by atoms with Crippen molar-refractivity contribution in [3.05, 3.63) is 0 Å². The molecule has 2 saturated heterocycles. The molecule has 1 saturated carbocycles. The Morgan fingerprint density at radius 3 is 2.56 bits per heavy atom. The minimum Gasteiger partial charge on any atom is -0.370 e. The summed E-state index contributed by atoms with van der Waals surface area (Å²) in [4.78, 5) is 0. The third-order valence-electron chi connectivity index (χ3n) is 2.74. The summed E-state index contributed by atoms with van der Waals surface area (Å²) in [6, 6.07) is 0. The highest BCUT2D eigenvalue weighted by Crippen LogP contribution is 2.51. The van der Waals surface area contributed by atoms with E-state index in [1.54, 1.807) is 0 Å². The van der Waals surface area contributed by atoms with E-state index in [4.69, 9.17) is 10.5 Å². The Labute approximate surface area is 55.4 Å². The predicted octanol–water partition coefficient (Wildman–Crippen LogP) is 0.513. The Kier molecular flexibility index (Phi) is 0.945. The van der Waals surface area contributed by atoms with Crippen molar-refractivity contribution in [2.75, 3.05) is 6.54 Å². The molecule has 3 fully saturated rings. The standard InChI is InChI=1S/C7H13NO/c1-5-6-2-7(3-6,4-8)9-5/h5-6H,2-4,8H2,1H3. The summed E-state index contributed by atoms with van der Waals surface area (Å²) in [5.74, 6) is 0.827. The molecule has 3 rings (SSSR count). The van der Waals surface area contributed by atoms with Crippen LogP contribution < -0.4 is 5.73 Å². The minimum atomic E-state index is 0.129. The molecule has 2 aliphatic heterocycles. The van der Waals surface area contributed by atoms with Crippen molar-refractivity contribution in [1.29, 1.82) is 0 Å². The number of fused-ring (bicyclic) bond motifs is 1. The average Bonchev–Trinajstić information content (AvgIpc) is 2.18. The maximum absolute atomic E-state index is 5.65. The van der Waals surface area contributed by atoms with Gasteiger partial charge >= 0.3 is 0 Å².